The first-order valence-electron chi connectivity index (χ1n) is 6.37. The van der Waals surface area contributed by atoms with Crippen molar-refractivity contribution in [3.05, 3.63) is 22.7 Å². The summed E-state index contributed by atoms with van der Waals surface area (Å²) in [5.74, 6) is -0.112. The van der Waals surface area contributed by atoms with Gasteiger partial charge in [0.25, 0.3) is 5.72 Å². The molecule has 0 spiro atoms. The molecule has 1 aromatic heterocycles. The van der Waals surface area contributed by atoms with E-state index in [1.54, 1.807) is 6.07 Å². The Balaban J connectivity index is 2.60. The lowest BCUT2D eigenvalue weighted by molar-refractivity contribution is -0.110. The van der Waals surface area contributed by atoms with Crippen LogP contribution in [0.5, 0.6) is 0 Å². The summed E-state index contributed by atoms with van der Waals surface area (Å²) in [5.41, 5.74) is -0.236. The Morgan fingerprint density at radius 3 is 2.82 bits per heavy atom. The first-order chi connectivity index (χ1) is 10.4. The fourth-order valence-corrected chi connectivity index (χ4v) is 2.54. The molecule has 0 aliphatic carbocycles. The van der Waals surface area contributed by atoms with Crippen LogP contribution in [0.2, 0.25) is 0 Å². The second kappa shape index (κ2) is 5.62. The number of hydrogen-bond donors (Lipinski definition) is 4. The molecular weight excluding hydrogens is 299 g/mol. The maximum Gasteiger partial charge on any atom is 0.352 e. The van der Waals surface area contributed by atoms with E-state index in [0.717, 1.165) is 6.20 Å². The molecule has 4 atom stereocenters. The van der Waals surface area contributed by atoms with Crippen molar-refractivity contribution in [1.29, 1.82) is 5.26 Å². The SMILES string of the molecule is N#C[C@@]1(n2ccc(N)nc2=O)O[C@H](CO)[C@](O)(CCF)[C@H]1O. The fraction of sp³-hybridized carbons (Fsp3) is 0.583. The normalized spacial score (nSPS) is 34.5. The quantitative estimate of drug-likeness (QED) is 0.490. The topological polar surface area (TPSA) is 155 Å². The average molecular weight is 314 g/mol. The Morgan fingerprint density at radius 1 is 1.64 bits per heavy atom. The minimum atomic E-state index is -2.35. The lowest BCUT2D eigenvalue weighted by atomic mass is 9.86. The van der Waals surface area contributed by atoms with Gasteiger partial charge < -0.3 is 25.8 Å². The van der Waals surface area contributed by atoms with Crippen LogP contribution in [0.1, 0.15) is 6.42 Å². The Hall–Kier alpha value is -2.06. The van der Waals surface area contributed by atoms with Gasteiger partial charge in [0, 0.05) is 12.6 Å². The van der Waals surface area contributed by atoms with Crippen LogP contribution in [-0.2, 0) is 10.5 Å². The molecule has 1 aromatic rings. The largest absolute Gasteiger partial charge is 0.394 e. The summed E-state index contributed by atoms with van der Waals surface area (Å²) in [6.45, 7) is -1.81. The summed E-state index contributed by atoms with van der Waals surface area (Å²) in [5, 5.41) is 39.4. The van der Waals surface area contributed by atoms with E-state index in [1.807, 2.05) is 0 Å². The van der Waals surface area contributed by atoms with E-state index in [1.165, 1.54) is 6.07 Å². The lowest BCUT2D eigenvalue weighted by Gasteiger charge is -2.31. The number of nitrogens with zero attached hydrogens (tertiary/aromatic N) is 3. The van der Waals surface area contributed by atoms with E-state index in [0.29, 0.717) is 4.57 Å². The molecule has 2 heterocycles. The van der Waals surface area contributed by atoms with Gasteiger partial charge in [-0.3, -0.25) is 8.96 Å². The standard InChI is InChI=1S/C12H15FN4O5/c13-3-2-11(21)7(5-18)22-12(6-14,9(11)19)17-4-1-8(15)16-10(17)20/h1,4,7,9,18-19,21H,2-3,5H2,(H2,15,16,20)/t7-,9-,11-,12-/m1/s1. The Labute approximate surface area is 124 Å². The van der Waals surface area contributed by atoms with Crippen LogP contribution in [0.4, 0.5) is 10.2 Å². The van der Waals surface area contributed by atoms with Gasteiger partial charge in [-0.05, 0) is 6.07 Å². The number of anilines is 1. The molecule has 120 valence electrons. The van der Waals surface area contributed by atoms with E-state index < -0.39 is 48.9 Å². The van der Waals surface area contributed by atoms with Gasteiger partial charge >= 0.3 is 5.69 Å². The molecule has 0 amide bonds. The molecule has 5 N–H and O–H groups in total. The van der Waals surface area contributed by atoms with E-state index in [2.05, 4.69) is 4.98 Å². The van der Waals surface area contributed by atoms with Crippen molar-refractivity contribution >= 4 is 5.82 Å². The zero-order valence-electron chi connectivity index (χ0n) is 11.4. The number of rotatable bonds is 4. The van der Waals surface area contributed by atoms with Crippen LogP contribution in [0, 0.1) is 11.3 Å². The van der Waals surface area contributed by atoms with Crippen LogP contribution in [0.3, 0.4) is 0 Å². The van der Waals surface area contributed by atoms with E-state index in [-0.39, 0.29) is 5.82 Å². The number of ether oxygens (including phenoxy) is 1. The van der Waals surface area contributed by atoms with Crippen molar-refractivity contribution in [3.63, 3.8) is 0 Å². The highest BCUT2D eigenvalue weighted by atomic mass is 19.1. The number of nitriles is 1. The highest BCUT2D eigenvalue weighted by Gasteiger charge is 2.65. The zero-order chi connectivity index (χ0) is 16.5. The number of aromatic nitrogens is 2. The number of hydrogen-bond acceptors (Lipinski definition) is 8. The zero-order valence-corrected chi connectivity index (χ0v) is 11.4. The second-order valence-electron chi connectivity index (χ2n) is 4.94. The van der Waals surface area contributed by atoms with E-state index in [9.17, 15) is 29.8 Å². The van der Waals surface area contributed by atoms with Crippen molar-refractivity contribution in [2.24, 2.45) is 0 Å². The molecule has 0 saturated carbocycles. The maximum atomic E-state index is 12.7. The molecule has 0 unspecified atom stereocenters. The van der Waals surface area contributed by atoms with E-state index >= 15 is 0 Å². The minimum Gasteiger partial charge on any atom is -0.394 e. The van der Waals surface area contributed by atoms with Crippen molar-refractivity contribution in [1.82, 2.24) is 9.55 Å². The average Bonchev–Trinajstić information content (AvgIpc) is 2.69. The molecule has 22 heavy (non-hydrogen) atoms. The number of aliphatic hydroxyl groups is 3. The molecule has 1 fully saturated rings. The van der Waals surface area contributed by atoms with Crippen LogP contribution in [-0.4, -0.2) is 56.0 Å². The van der Waals surface area contributed by atoms with Gasteiger partial charge in [-0.25, -0.2) is 4.79 Å². The fourth-order valence-electron chi connectivity index (χ4n) is 2.54. The first kappa shape index (κ1) is 16.3. The number of aliphatic hydroxyl groups excluding tert-OH is 2. The molecule has 0 bridgehead atoms. The summed E-state index contributed by atoms with van der Waals surface area (Å²) < 4.78 is 18.6. The third-order valence-electron chi connectivity index (χ3n) is 3.73. The van der Waals surface area contributed by atoms with Gasteiger partial charge in [0.1, 0.15) is 29.7 Å². The molecule has 10 heteroatoms. The van der Waals surface area contributed by atoms with Crippen LogP contribution >= 0.6 is 0 Å². The number of halogens is 1. The highest BCUT2D eigenvalue weighted by Crippen LogP contribution is 2.42. The van der Waals surface area contributed by atoms with Gasteiger partial charge in [0.05, 0.1) is 13.3 Å². The van der Waals surface area contributed by atoms with Crippen molar-refractivity contribution in [2.45, 2.75) is 30.0 Å². The number of nitrogen functional groups attached to an aromatic ring is 1. The molecule has 1 aliphatic heterocycles. The summed E-state index contributed by atoms with van der Waals surface area (Å²) in [6.07, 6.45) is -2.96. The van der Waals surface area contributed by atoms with Gasteiger partial charge in [0.15, 0.2) is 0 Å². The number of nitrogens with two attached hydrogens (primary N) is 1. The smallest absolute Gasteiger partial charge is 0.352 e. The molecule has 1 aliphatic rings. The summed E-state index contributed by atoms with van der Waals surface area (Å²) in [4.78, 5) is 15.3. The first-order valence-corrected chi connectivity index (χ1v) is 6.37. The summed E-state index contributed by atoms with van der Waals surface area (Å²) >= 11 is 0. The molecule has 2 rings (SSSR count). The van der Waals surface area contributed by atoms with Crippen molar-refractivity contribution in [2.75, 3.05) is 19.0 Å². The second-order valence-corrected chi connectivity index (χ2v) is 4.94. The van der Waals surface area contributed by atoms with Crippen LogP contribution in [0.25, 0.3) is 0 Å². The minimum absolute atomic E-state index is 0.112. The summed E-state index contributed by atoms with van der Waals surface area (Å²) in [7, 11) is 0. The van der Waals surface area contributed by atoms with Gasteiger partial charge in [-0.15, -0.1) is 0 Å². The van der Waals surface area contributed by atoms with E-state index in [4.69, 9.17) is 10.5 Å². The third-order valence-corrected chi connectivity index (χ3v) is 3.73. The van der Waals surface area contributed by atoms with Crippen LogP contribution in [0.15, 0.2) is 17.1 Å². The van der Waals surface area contributed by atoms with Crippen molar-refractivity contribution < 1.29 is 24.4 Å². The molecule has 0 aromatic carbocycles. The highest BCUT2D eigenvalue weighted by molar-refractivity contribution is 5.26. The maximum absolute atomic E-state index is 12.7. The Bertz CT molecular complexity index is 662. The monoisotopic (exact) mass is 314 g/mol. The van der Waals surface area contributed by atoms with Crippen molar-refractivity contribution in [3.8, 4) is 6.07 Å². The molecule has 1 saturated heterocycles. The Kier molecular flexibility index (Phi) is 4.17. The molecule has 0 radical (unpaired) electrons. The van der Waals surface area contributed by atoms with Gasteiger partial charge in [-0.2, -0.15) is 10.2 Å². The molecule has 9 nitrogen and oxygen atoms in total. The predicted molar refractivity (Wildman–Crippen MR) is 70.0 cm³/mol. The Morgan fingerprint density at radius 2 is 2.32 bits per heavy atom. The molecular formula is C12H15FN4O5. The summed E-state index contributed by atoms with van der Waals surface area (Å²) in [6, 6.07) is 2.79. The van der Waals surface area contributed by atoms with Gasteiger partial charge in [-0.1, -0.05) is 0 Å². The third kappa shape index (κ3) is 2.15. The van der Waals surface area contributed by atoms with Crippen LogP contribution < -0.4 is 11.4 Å². The number of alkyl halides is 1. The van der Waals surface area contributed by atoms with Gasteiger partial charge in [0.2, 0.25) is 0 Å². The lowest BCUT2D eigenvalue weighted by Crippen LogP contribution is -2.55. The predicted octanol–water partition coefficient (Wildman–Crippen LogP) is -2.16.